The zero-order chi connectivity index (χ0) is 16.7. The van der Waals surface area contributed by atoms with E-state index in [-0.39, 0.29) is 10.8 Å². The van der Waals surface area contributed by atoms with Crippen molar-refractivity contribution in [2.45, 2.75) is 25.7 Å². The van der Waals surface area contributed by atoms with Gasteiger partial charge in [0.15, 0.2) is 0 Å². The fraction of sp³-hybridized carbons (Fsp3) is 0.263. The number of aryl methyl sites for hydroxylation is 3. The molecule has 1 heterocycles. The number of thiazole rings is 1. The zero-order valence-corrected chi connectivity index (χ0v) is 14.3. The summed E-state index contributed by atoms with van der Waals surface area (Å²) in [6.45, 7) is 0. The number of benzene rings is 2. The highest BCUT2D eigenvalue weighted by Gasteiger charge is 2.13. The van der Waals surface area contributed by atoms with Crippen molar-refractivity contribution in [2.75, 3.05) is 5.32 Å². The van der Waals surface area contributed by atoms with Gasteiger partial charge in [-0.1, -0.05) is 17.4 Å². The Balaban J connectivity index is 1.60. The van der Waals surface area contributed by atoms with Gasteiger partial charge in [0.25, 0.3) is 5.91 Å². The molecule has 0 fully saturated rings. The lowest BCUT2D eigenvalue weighted by molar-refractivity contribution is 0.102. The third kappa shape index (κ3) is 2.65. The zero-order valence-electron chi connectivity index (χ0n) is 13.5. The van der Waals surface area contributed by atoms with E-state index in [2.05, 4.69) is 11.4 Å². The van der Waals surface area contributed by atoms with Crippen LogP contribution in [0.1, 0.15) is 34.3 Å². The van der Waals surface area contributed by atoms with Gasteiger partial charge in [-0.3, -0.25) is 9.59 Å². The maximum absolute atomic E-state index is 12.5. The molecule has 122 valence electrons. The SMILES string of the molecule is Cn1c(=O)sc2cc(NC(=O)c3ccc4c(c3)CCCC4)ccc21. The quantitative estimate of drug-likeness (QED) is 0.774. The smallest absolute Gasteiger partial charge is 0.307 e. The fourth-order valence-corrected chi connectivity index (χ4v) is 4.21. The number of hydrogen-bond acceptors (Lipinski definition) is 3. The molecule has 1 aromatic heterocycles. The van der Waals surface area contributed by atoms with Crippen LogP contribution in [0.2, 0.25) is 0 Å². The summed E-state index contributed by atoms with van der Waals surface area (Å²) in [5.74, 6) is -0.106. The van der Waals surface area contributed by atoms with Crippen LogP contribution in [-0.4, -0.2) is 10.5 Å². The first-order chi connectivity index (χ1) is 11.6. The summed E-state index contributed by atoms with van der Waals surface area (Å²) in [7, 11) is 1.76. The van der Waals surface area contributed by atoms with E-state index in [1.165, 1.54) is 35.3 Å². The van der Waals surface area contributed by atoms with Crippen molar-refractivity contribution < 1.29 is 4.79 Å². The summed E-state index contributed by atoms with van der Waals surface area (Å²) in [6.07, 6.45) is 4.60. The van der Waals surface area contributed by atoms with Gasteiger partial charge in [0.05, 0.1) is 10.2 Å². The number of hydrogen-bond donors (Lipinski definition) is 1. The summed E-state index contributed by atoms with van der Waals surface area (Å²) in [4.78, 5) is 24.3. The Morgan fingerprint density at radius 1 is 1.08 bits per heavy atom. The van der Waals surface area contributed by atoms with Gasteiger partial charge in [-0.15, -0.1) is 0 Å². The number of anilines is 1. The van der Waals surface area contributed by atoms with E-state index in [0.717, 1.165) is 23.1 Å². The monoisotopic (exact) mass is 338 g/mol. The van der Waals surface area contributed by atoms with Gasteiger partial charge in [0, 0.05) is 18.3 Å². The van der Waals surface area contributed by atoms with Crippen molar-refractivity contribution in [3.05, 3.63) is 62.8 Å². The molecule has 0 unspecified atom stereocenters. The second-order valence-corrected chi connectivity index (χ2v) is 7.25. The van der Waals surface area contributed by atoms with Gasteiger partial charge in [-0.05, 0) is 67.1 Å². The number of aromatic nitrogens is 1. The van der Waals surface area contributed by atoms with Crippen LogP contribution in [-0.2, 0) is 19.9 Å². The van der Waals surface area contributed by atoms with E-state index >= 15 is 0 Å². The van der Waals surface area contributed by atoms with Gasteiger partial charge >= 0.3 is 4.87 Å². The van der Waals surface area contributed by atoms with Crippen molar-refractivity contribution >= 4 is 33.1 Å². The molecule has 0 bridgehead atoms. The molecule has 0 saturated heterocycles. The number of nitrogens with one attached hydrogen (secondary N) is 1. The maximum atomic E-state index is 12.5. The molecule has 5 heteroatoms. The molecule has 1 amide bonds. The molecule has 1 aliphatic carbocycles. The first kappa shape index (κ1) is 15.1. The minimum atomic E-state index is -0.106. The molecule has 0 radical (unpaired) electrons. The Hall–Kier alpha value is -2.40. The summed E-state index contributed by atoms with van der Waals surface area (Å²) >= 11 is 1.19. The fourth-order valence-electron chi connectivity index (χ4n) is 3.29. The molecule has 0 atom stereocenters. The van der Waals surface area contributed by atoms with Crippen molar-refractivity contribution in [1.29, 1.82) is 0 Å². The Labute approximate surface area is 143 Å². The number of carbonyl (C=O) groups excluding carboxylic acids is 1. The van der Waals surface area contributed by atoms with Crippen molar-refractivity contribution in [2.24, 2.45) is 7.05 Å². The highest BCUT2D eigenvalue weighted by atomic mass is 32.1. The molecule has 0 saturated carbocycles. The first-order valence-corrected chi connectivity index (χ1v) is 8.96. The average molecular weight is 338 g/mol. The van der Waals surface area contributed by atoms with Gasteiger partial charge in [-0.2, -0.15) is 0 Å². The number of carbonyl (C=O) groups is 1. The van der Waals surface area contributed by atoms with Crippen molar-refractivity contribution in [3.8, 4) is 0 Å². The largest absolute Gasteiger partial charge is 0.322 e. The van der Waals surface area contributed by atoms with E-state index < -0.39 is 0 Å². The van der Waals surface area contributed by atoms with Crippen LogP contribution in [0.4, 0.5) is 5.69 Å². The van der Waals surface area contributed by atoms with E-state index in [1.807, 2.05) is 30.3 Å². The predicted molar refractivity (Wildman–Crippen MR) is 98.1 cm³/mol. The van der Waals surface area contributed by atoms with Gasteiger partial charge < -0.3 is 9.88 Å². The molecule has 4 nitrogen and oxygen atoms in total. The molecular weight excluding hydrogens is 320 g/mol. The number of nitrogens with zero attached hydrogens (tertiary/aromatic N) is 1. The molecule has 2 aromatic carbocycles. The molecule has 0 aliphatic heterocycles. The molecule has 4 rings (SSSR count). The summed E-state index contributed by atoms with van der Waals surface area (Å²) < 4.78 is 2.50. The van der Waals surface area contributed by atoms with Crippen LogP contribution in [0.15, 0.2) is 41.2 Å². The van der Waals surface area contributed by atoms with Crippen LogP contribution in [0.25, 0.3) is 10.2 Å². The van der Waals surface area contributed by atoms with E-state index in [1.54, 1.807) is 11.6 Å². The summed E-state index contributed by atoms with van der Waals surface area (Å²) in [5, 5.41) is 2.94. The highest BCUT2D eigenvalue weighted by molar-refractivity contribution is 7.16. The Morgan fingerprint density at radius 2 is 1.88 bits per heavy atom. The molecule has 1 aliphatic rings. The Morgan fingerprint density at radius 3 is 2.71 bits per heavy atom. The number of fused-ring (bicyclic) bond motifs is 2. The van der Waals surface area contributed by atoms with Gasteiger partial charge in [0.1, 0.15) is 0 Å². The Bertz CT molecular complexity index is 1000. The topological polar surface area (TPSA) is 51.1 Å². The van der Waals surface area contributed by atoms with E-state index in [9.17, 15) is 9.59 Å². The molecule has 24 heavy (non-hydrogen) atoms. The summed E-state index contributed by atoms with van der Waals surface area (Å²) in [5.41, 5.74) is 4.96. The number of amides is 1. The van der Waals surface area contributed by atoms with Crippen molar-refractivity contribution in [1.82, 2.24) is 4.57 Å². The van der Waals surface area contributed by atoms with Crippen LogP contribution < -0.4 is 10.2 Å². The third-order valence-electron chi connectivity index (χ3n) is 4.66. The van der Waals surface area contributed by atoms with Gasteiger partial charge in [-0.25, -0.2) is 0 Å². The van der Waals surface area contributed by atoms with Crippen molar-refractivity contribution in [3.63, 3.8) is 0 Å². The van der Waals surface area contributed by atoms with Gasteiger partial charge in [0.2, 0.25) is 0 Å². The Kier molecular flexibility index (Phi) is 3.73. The van der Waals surface area contributed by atoms with E-state index in [0.29, 0.717) is 11.3 Å². The normalized spacial score (nSPS) is 13.7. The molecule has 3 aromatic rings. The minimum Gasteiger partial charge on any atom is -0.322 e. The highest BCUT2D eigenvalue weighted by Crippen LogP contribution is 2.24. The maximum Gasteiger partial charge on any atom is 0.307 e. The van der Waals surface area contributed by atoms with E-state index in [4.69, 9.17) is 0 Å². The van der Waals surface area contributed by atoms with Crippen LogP contribution in [0.5, 0.6) is 0 Å². The lowest BCUT2D eigenvalue weighted by Crippen LogP contribution is -2.13. The van der Waals surface area contributed by atoms with Crippen LogP contribution in [0.3, 0.4) is 0 Å². The predicted octanol–water partition coefficient (Wildman–Crippen LogP) is 3.73. The lowest BCUT2D eigenvalue weighted by atomic mass is 9.90. The molecular formula is C19H18N2O2S. The second-order valence-electron chi connectivity index (χ2n) is 6.25. The molecule has 1 N–H and O–H groups in total. The number of rotatable bonds is 2. The molecule has 0 spiro atoms. The first-order valence-electron chi connectivity index (χ1n) is 8.14. The average Bonchev–Trinajstić information content (AvgIpc) is 2.88. The second kappa shape index (κ2) is 5.91. The summed E-state index contributed by atoms with van der Waals surface area (Å²) in [6, 6.07) is 11.6. The third-order valence-corrected chi connectivity index (χ3v) is 5.66. The van der Waals surface area contributed by atoms with Crippen LogP contribution >= 0.6 is 11.3 Å². The standard InChI is InChI=1S/C19H18N2O2S/c1-21-16-9-8-15(11-17(16)24-19(21)23)20-18(22)14-7-6-12-4-2-3-5-13(12)10-14/h6-11H,2-5H2,1H3,(H,20,22). The lowest BCUT2D eigenvalue weighted by Gasteiger charge is -2.16. The minimum absolute atomic E-state index is 0.00293. The van der Waals surface area contributed by atoms with Crippen LogP contribution in [0, 0.1) is 0 Å².